The summed E-state index contributed by atoms with van der Waals surface area (Å²) in [5.74, 6) is -0.653. The molecule has 7 nitrogen and oxygen atoms in total. The average molecular weight is 235 g/mol. The molecule has 0 aromatic carbocycles. The van der Waals surface area contributed by atoms with Gasteiger partial charge in [0.15, 0.2) is 11.5 Å². The highest BCUT2D eigenvalue weighted by molar-refractivity contribution is 6.68. The van der Waals surface area contributed by atoms with E-state index < -0.39 is 11.9 Å². The summed E-state index contributed by atoms with van der Waals surface area (Å²) in [7, 11) is 1.66. The van der Waals surface area contributed by atoms with Gasteiger partial charge < -0.3 is 4.90 Å². The summed E-state index contributed by atoms with van der Waals surface area (Å²) in [5, 5.41) is 17.8. The Balaban J connectivity index is 2.59. The molecule has 90 valence electrons. The highest BCUT2D eigenvalue weighted by Gasteiger charge is 2.26. The molecule has 0 saturated heterocycles. The normalized spacial score (nSPS) is 15.1. The molecule has 0 saturated carbocycles. The van der Waals surface area contributed by atoms with E-state index in [0.717, 1.165) is 12.8 Å². The van der Waals surface area contributed by atoms with Crippen LogP contribution in [0.1, 0.15) is 19.3 Å². The van der Waals surface area contributed by atoms with Gasteiger partial charge in [0.2, 0.25) is 0 Å². The van der Waals surface area contributed by atoms with Crippen molar-refractivity contribution in [2.75, 3.05) is 13.6 Å². The number of hydrogen-bond donors (Lipinski definition) is 2. The van der Waals surface area contributed by atoms with Gasteiger partial charge in [0.05, 0.1) is 6.07 Å². The van der Waals surface area contributed by atoms with Crippen LogP contribution in [0.4, 0.5) is 4.79 Å². The molecule has 0 unspecified atom stereocenters. The van der Waals surface area contributed by atoms with Crippen molar-refractivity contribution in [3.63, 3.8) is 0 Å². The molecule has 3 amide bonds. The maximum absolute atomic E-state index is 11.2. The Morgan fingerprint density at radius 1 is 1.47 bits per heavy atom. The van der Waals surface area contributed by atoms with Gasteiger partial charge in [0.25, 0.3) is 5.91 Å². The van der Waals surface area contributed by atoms with Crippen LogP contribution in [0, 0.1) is 16.7 Å². The first kappa shape index (κ1) is 12.8. The molecule has 0 aromatic heterocycles. The van der Waals surface area contributed by atoms with Crippen LogP contribution < -0.4 is 5.32 Å². The van der Waals surface area contributed by atoms with Gasteiger partial charge in [0, 0.05) is 20.0 Å². The summed E-state index contributed by atoms with van der Waals surface area (Å²) in [5.41, 5.74) is -0.313. The fourth-order valence-corrected chi connectivity index (χ4v) is 1.38. The summed E-state index contributed by atoms with van der Waals surface area (Å²) in [4.78, 5) is 27.4. The molecule has 0 fully saturated rings. The van der Waals surface area contributed by atoms with Gasteiger partial charge in [-0.15, -0.1) is 0 Å². The fourth-order valence-electron chi connectivity index (χ4n) is 1.38. The predicted molar refractivity (Wildman–Crippen MR) is 60.8 cm³/mol. The number of carbonyl (C=O) groups is 2. The number of imide groups is 1. The zero-order valence-corrected chi connectivity index (χ0v) is 9.49. The fraction of sp³-hybridized carbons (Fsp3) is 0.500. The summed E-state index contributed by atoms with van der Waals surface area (Å²) >= 11 is 0. The van der Waals surface area contributed by atoms with Gasteiger partial charge in [-0.2, -0.15) is 10.3 Å². The van der Waals surface area contributed by atoms with Crippen LogP contribution in [0.3, 0.4) is 0 Å². The quantitative estimate of drug-likeness (QED) is 0.682. The molecule has 0 bridgehead atoms. The second-order valence-electron chi connectivity index (χ2n) is 3.61. The first-order valence-electron chi connectivity index (χ1n) is 5.17. The van der Waals surface area contributed by atoms with Gasteiger partial charge in [-0.05, 0) is 12.8 Å². The van der Waals surface area contributed by atoms with Crippen molar-refractivity contribution in [1.82, 2.24) is 10.2 Å². The Bertz CT molecular complexity index is 421. The number of urea groups is 1. The zero-order valence-electron chi connectivity index (χ0n) is 9.49. The lowest BCUT2D eigenvalue weighted by Crippen LogP contribution is -2.49. The van der Waals surface area contributed by atoms with Crippen LogP contribution >= 0.6 is 0 Å². The third kappa shape index (κ3) is 3.38. The summed E-state index contributed by atoms with van der Waals surface area (Å²) < 4.78 is 0. The van der Waals surface area contributed by atoms with Gasteiger partial charge in [-0.1, -0.05) is 0 Å². The van der Waals surface area contributed by atoms with Crippen molar-refractivity contribution < 1.29 is 9.59 Å². The van der Waals surface area contributed by atoms with Crippen molar-refractivity contribution in [2.45, 2.75) is 19.3 Å². The molecule has 2 N–H and O–H groups in total. The minimum absolute atomic E-state index is 0.0794. The molecular formula is C10H13N5O2. The van der Waals surface area contributed by atoms with Gasteiger partial charge in [0.1, 0.15) is 0 Å². The minimum atomic E-state index is -0.745. The van der Waals surface area contributed by atoms with Crippen LogP contribution in [-0.4, -0.2) is 42.0 Å². The molecular weight excluding hydrogens is 222 g/mol. The van der Waals surface area contributed by atoms with E-state index in [-0.39, 0.29) is 11.5 Å². The number of nitrogens with one attached hydrogen (secondary N) is 2. The lowest BCUT2D eigenvalue weighted by Gasteiger charge is -2.22. The second kappa shape index (κ2) is 5.75. The number of hydrogen-bond acceptors (Lipinski definition) is 5. The maximum atomic E-state index is 11.2. The van der Waals surface area contributed by atoms with Crippen LogP contribution in [0.25, 0.3) is 0 Å². The Kier molecular flexibility index (Phi) is 4.34. The number of rotatable bonds is 4. The molecule has 0 spiro atoms. The summed E-state index contributed by atoms with van der Waals surface area (Å²) in [6.07, 6.45) is 1.95. The van der Waals surface area contributed by atoms with E-state index in [2.05, 4.69) is 4.99 Å². The molecule has 1 rings (SSSR count). The topological polar surface area (TPSA) is 109 Å². The molecule has 17 heavy (non-hydrogen) atoms. The van der Waals surface area contributed by atoms with Crippen LogP contribution in [0.15, 0.2) is 4.99 Å². The van der Waals surface area contributed by atoms with Crippen molar-refractivity contribution in [3.05, 3.63) is 0 Å². The predicted octanol–water partition coefficient (Wildman–Crippen LogP) is 0.280. The smallest absolute Gasteiger partial charge is 0.349 e. The van der Waals surface area contributed by atoms with Crippen molar-refractivity contribution in [1.29, 1.82) is 10.7 Å². The first-order chi connectivity index (χ1) is 8.06. The third-order valence-corrected chi connectivity index (χ3v) is 2.27. The van der Waals surface area contributed by atoms with E-state index in [1.807, 2.05) is 11.4 Å². The third-order valence-electron chi connectivity index (χ3n) is 2.27. The van der Waals surface area contributed by atoms with Gasteiger partial charge in [-0.3, -0.25) is 15.5 Å². The number of aliphatic imine (C=N–C) groups is 1. The SMILES string of the molecule is CN(CCCCC#N)C1=NC(=O)NC(=O)C1=N. The van der Waals surface area contributed by atoms with Crippen LogP contribution in [-0.2, 0) is 4.79 Å². The van der Waals surface area contributed by atoms with E-state index in [1.54, 1.807) is 11.9 Å². The van der Waals surface area contributed by atoms with Crippen LogP contribution in [0.5, 0.6) is 0 Å². The van der Waals surface area contributed by atoms with Gasteiger partial charge >= 0.3 is 6.03 Å². The Morgan fingerprint density at radius 2 is 2.18 bits per heavy atom. The average Bonchev–Trinajstić information content (AvgIpc) is 2.29. The molecule has 1 aliphatic rings. The largest absolute Gasteiger partial charge is 0.358 e. The monoisotopic (exact) mass is 235 g/mol. The highest BCUT2D eigenvalue weighted by Crippen LogP contribution is 2.02. The number of amidine groups is 1. The number of unbranched alkanes of at least 4 members (excludes halogenated alkanes) is 2. The Hall–Kier alpha value is -2.23. The van der Waals surface area contributed by atoms with Gasteiger partial charge in [-0.25, -0.2) is 4.79 Å². The summed E-state index contributed by atoms with van der Waals surface area (Å²) in [6, 6.07) is 1.29. The second-order valence-corrected chi connectivity index (χ2v) is 3.61. The molecule has 7 heteroatoms. The number of amides is 3. The molecule has 0 radical (unpaired) electrons. The minimum Gasteiger partial charge on any atom is -0.358 e. The molecule has 0 aromatic rings. The first-order valence-corrected chi connectivity index (χ1v) is 5.17. The van der Waals surface area contributed by atoms with E-state index >= 15 is 0 Å². The van der Waals surface area contributed by atoms with Crippen molar-refractivity contribution >= 4 is 23.5 Å². The van der Waals surface area contributed by atoms with Crippen molar-refractivity contribution in [2.24, 2.45) is 4.99 Å². The zero-order chi connectivity index (χ0) is 12.8. The Morgan fingerprint density at radius 3 is 2.82 bits per heavy atom. The Labute approximate surface area is 98.6 Å². The number of nitriles is 1. The summed E-state index contributed by atoms with van der Waals surface area (Å²) in [6.45, 7) is 0.545. The van der Waals surface area contributed by atoms with E-state index in [4.69, 9.17) is 10.7 Å². The van der Waals surface area contributed by atoms with Crippen LogP contribution in [0.2, 0.25) is 0 Å². The lowest BCUT2D eigenvalue weighted by atomic mass is 10.2. The number of nitrogens with zero attached hydrogens (tertiary/aromatic N) is 3. The standard InChI is InChI=1S/C10H13N5O2/c1-15(6-4-2-3-5-11)8-7(12)9(16)14-10(17)13-8/h12H,2-4,6H2,1H3,(H,14,16,17). The molecule has 0 atom stereocenters. The van der Waals surface area contributed by atoms with Crippen molar-refractivity contribution in [3.8, 4) is 6.07 Å². The number of carbonyl (C=O) groups excluding carboxylic acids is 2. The highest BCUT2D eigenvalue weighted by atomic mass is 16.2. The lowest BCUT2D eigenvalue weighted by molar-refractivity contribution is -0.113. The van der Waals surface area contributed by atoms with E-state index in [9.17, 15) is 9.59 Å². The molecule has 1 heterocycles. The van der Waals surface area contributed by atoms with E-state index in [0.29, 0.717) is 13.0 Å². The molecule has 0 aliphatic carbocycles. The van der Waals surface area contributed by atoms with E-state index in [1.165, 1.54) is 0 Å². The maximum Gasteiger partial charge on any atom is 0.349 e. The molecule has 1 aliphatic heterocycles.